The number of phosphoric acid groups is 2. The predicted octanol–water partition coefficient (Wildman–Crippen LogP) is 23.1. The number of rotatable bonds is 77. The van der Waals surface area contributed by atoms with Crippen LogP contribution in [0.4, 0.5) is 0 Å². The van der Waals surface area contributed by atoms with E-state index in [1.165, 1.54) is 212 Å². The van der Waals surface area contributed by atoms with E-state index in [1.807, 2.05) is 0 Å². The van der Waals surface area contributed by atoms with Crippen LogP contribution in [-0.2, 0) is 65.4 Å². The van der Waals surface area contributed by atoms with Gasteiger partial charge in [0.2, 0.25) is 0 Å². The molecule has 0 saturated carbocycles. The Morgan fingerprint density at radius 3 is 0.701 bits per heavy atom. The number of unbranched alkanes of at least 4 members (excludes halogenated alkanes) is 47. The van der Waals surface area contributed by atoms with Crippen LogP contribution in [-0.4, -0.2) is 96.7 Å². The smallest absolute Gasteiger partial charge is 0.462 e. The van der Waals surface area contributed by atoms with Crippen LogP contribution in [0.5, 0.6) is 0 Å². The lowest BCUT2D eigenvalue weighted by molar-refractivity contribution is -0.161. The zero-order chi connectivity index (χ0) is 71.4. The van der Waals surface area contributed by atoms with Crippen LogP contribution in [0.25, 0.3) is 0 Å². The summed E-state index contributed by atoms with van der Waals surface area (Å²) in [7, 11) is -9.91. The molecule has 0 fully saturated rings. The maximum atomic E-state index is 13.1. The molecule has 19 heteroatoms. The van der Waals surface area contributed by atoms with E-state index in [9.17, 15) is 43.2 Å². The first-order chi connectivity index (χ1) is 46.9. The van der Waals surface area contributed by atoms with Crippen molar-refractivity contribution in [2.24, 2.45) is 11.8 Å². The average Bonchev–Trinajstić information content (AvgIpc) is 1.37. The Kier molecular flexibility index (Phi) is 68.4. The summed E-state index contributed by atoms with van der Waals surface area (Å²) in [6.07, 6.45) is 58.5. The van der Waals surface area contributed by atoms with Gasteiger partial charge in [0.1, 0.15) is 19.3 Å². The molecular weight excluding hydrogens is 1270 g/mol. The summed E-state index contributed by atoms with van der Waals surface area (Å²) in [5.74, 6) is -0.571. The van der Waals surface area contributed by atoms with E-state index in [0.29, 0.717) is 25.7 Å². The molecule has 0 bridgehead atoms. The Balaban J connectivity index is 5.17. The third-order valence-corrected chi connectivity index (χ3v) is 20.1. The van der Waals surface area contributed by atoms with Gasteiger partial charge in [-0.1, -0.05) is 356 Å². The first kappa shape index (κ1) is 95.1. The van der Waals surface area contributed by atoms with Crippen LogP contribution in [0.2, 0.25) is 0 Å². The van der Waals surface area contributed by atoms with Crippen LogP contribution in [0, 0.1) is 11.8 Å². The molecule has 0 saturated heterocycles. The van der Waals surface area contributed by atoms with Crippen LogP contribution in [0.3, 0.4) is 0 Å². The van der Waals surface area contributed by atoms with E-state index in [0.717, 1.165) is 115 Å². The lowest BCUT2D eigenvalue weighted by Gasteiger charge is -2.21. The highest BCUT2D eigenvalue weighted by atomic mass is 31.2. The van der Waals surface area contributed by atoms with Crippen molar-refractivity contribution in [3.63, 3.8) is 0 Å². The van der Waals surface area contributed by atoms with E-state index < -0.39 is 97.5 Å². The van der Waals surface area contributed by atoms with Crippen molar-refractivity contribution in [2.75, 3.05) is 39.6 Å². The highest BCUT2D eigenvalue weighted by molar-refractivity contribution is 7.47. The summed E-state index contributed by atoms with van der Waals surface area (Å²) >= 11 is 0. The molecule has 0 aliphatic rings. The second-order valence-corrected chi connectivity index (χ2v) is 32.0. The summed E-state index contributed by atoms with van der Waals surface area (Å²) in [6, 6.07) is 0. The molecule has 0 aromatic heterocycles. The number of esters is 4. The molecule has 5 atom stereocenters. The van der Waals surface area contributed by atoms with Crippen LogP contribution in [0.1, 0.15) is 408 Å². The Hall–Kier alpha value is -1.94. The minimum atomic E-state index is -4.96. The lowest BCUT2D eigenvalue weighted by atomic mass is 10.0. The van der Waals surface area contributed by atoms with Gasteiger partial charge < -0.3 is 33.8 Å². The molecule has 0 aromatic rings. The molecule has 0 aliphatic carbocycles. The fourth-order valence-corrected chi connectivity index (χ4v) is 13.6. The fourth-order valence-electron chi connectivity index (χ4n) is 12.0. The van der Waals surface area contributed by atoms with Gasteiger partial charge in [0.25, 0.3) is 0 Å². The van der Waals surface area contributed by atoms with Crippen molar-refractivity contribution in [1.29, 1.82) is 0 Å². The SMILES string of the molecule is CCCCCCCCCCCCCCCCCCCCCCCC(=O)O[C@H](COC(=O)CCCCCCCCCCCCCCC(C)C)COP(=O)(O)OC[C@@H](O)COP(=O)(O)OC[C@@H](COC(=O)CCCCCCCCC)OC(=O)CCCCCCCCCCCCCC(C)C. The van der Waals surface area contributed by atoms with Gasteiger partial charge in [0.05, 0.1) is 26.4 Å². The van der Waals surface area contributed by atoms with Crippen LogP contribution < -0.4 is 0 Å². The summed E-state index contributed by atoms with van der Waals surface area (Å²) in [5, 5.41) is 10.6. The summed E-state index contributed by atoms with van der Waals surface area (Å²) < 4.78 is 68.5. The van der Waals surface area contributed by atoms with E-state index in [2.05, 4.69) is 41.5 Å². The minimum Gasteiger partial charge on any atom is -0.462 e. The van der Waals surface area contributed by atoms with Gasteiger partial charge in [-0.15, -0.1) is 0 Å². The lowest BCUT2D eigenvalue weighted by Crippen LogP contribution is -2.30. The van der Waals surface area contributed by atoms with Crippen molar-refractivity contribution in [3.8, 4) is 0 Å². The molecule has 0 aliphatic heterocycles. The molecule has 0 radical (unpaired) electrons. The van der Waals surface area contributed by atoms with E-state index in [4.69, 9.17) is 37.0 Å². The Morgan fingerprint density at radius 2 is 0.474 bits per heavy atom. The van der Waals surface area contributed by atoms with Crippen molar-refractivity contribution >= 4 is 39.5 Å². The van der Waals surface area contributed by atoms with E-state index in [1.54, 1.807) is 0 Å². The Bertz CT molecular complexity index is 1870. The summed E-state index contributed by atoms with van der Waals surface area (Å²) in [5.41, 5.74) is 0. The first-order valence-corrected chi connectivity index (χ1v) is 43.5. The first-order valence-electron chi connectivity index (χ1n) is 40.5. The molecule has 0 aromatic carbocycles. The molecule has 2 unspecified atom stereocenters. The highest BCUT2D eigenvalue weighted by Gasteiger charge is 2.30. The number of hydrogen-bond donors (Lipinski definition) is 3. The van der Waals surface area contributed by atoms with Crippen LogP contribution in [0.15, 0.2) is 0 Å². The molecule has 576 valence electrons. The van der Waals surface area contributed by atoms with Gasteiger partial charge in [-0.3, -0.25) is 37.3 Å². The van der Waals surface area contributed by atoms with Crippen molar-refractivity contribution in [1.82, 2.24) is 0 Å². The zero-order valence-corrected chi connectivity index (χ0v) is 65.2. The number of ether oxygens (including phenoxy) is 4. The second kappa shape index (κ2) is 69.8. The minimum absolute atomic E-state index is 0.106. The fraction of sp³-hybridized carbons (Fsp3) is 0.949. The third-order valence-electron chi connectivity index (χ3n) is 18.2. The largest absolute Gasteiger partial charge is 0.472 e. The van der Waals surface area contributed by atoms with Gasteiger partial charge in [0, 0.05) is 25.7 Å². The van der Waals surface area contributed by atoms with E-state index >= 15 is 0 Å². The molecule has 17 nitrogen and oxygen atoms in total. The van der Waals surface area contributed by atoms with Gasteiger partial charge in [-0.05, 0) is 37.5 Å². The zero-order valence-electron chi connectivity index (χ0n) is 63.4. The molecule has 0 heterocycles. The van der Waals surface area contributed by atoms with Crippen LogP contribution >= 0.6 is 15.6 Å². The Labute approximate surface area is 594 Å². The van der Waals surface area contributed by atoms with Crippen molar-refractivity contribution in [3.05, 3.63) is 0 Å². The number of carbonyl (C=O) groups is 4. The monoisotopic (exact) mass is 1420 g/mol. The predicted molar refractivity (Wildman–Crippen MR) is 395 cm³/mol. The molecule has 0 spiro atoms. The summed E-state index contributed by atoms with van der Waals surface area (Å²) in [6.45, 7) is 9.58. The topological polar surface area (TPSA) is 237 Å². The maximum Gasteiger partial charge on any atom is 0.472 e. The third kappa shape index (κ3) is 72.2. The second-order valence-electron chi connectivity index (χ2n) is 29.1. The maximum absolute atomic E-state index is 13.1. The molecular formula is C78H152O17P2. The number of aliphatic hydroxyl groups excluding tert-OH is 1. The number of aliphatic hydroxyl groups is 1. The van der Waals surface area contributed by atoms with Crippen molar-refractivity contribution < 1.29 is 80.2 Å². The van der Waals surface area contributed by atoms with Crippen molar-refractivity contribution in [2.45, 2.75) is 426 Å². The van der Waals surface area contributed by atoms with Gasteiger partial charge in [-0.25, -0.2) is 9.13 Å². The average molecular weight is 1420 g/mol. The molecule has 97 heavy (non-hydrogen) atoms. The van der Waals surface area contributed by atoms with E-state index in [-0.39, 0.29) is 25.7 Å². The normalized spacial score (nSPS) is 14.0. The number of hydrogen-bond acceptors (Lipinski definition) is 15. The molecule has 0 amide bonds. The Morgan fingerprint density at radius 1 is 0.278 bits per heavy atom. The van der Waals surface area contributed by atoms with Gasteiger partial charge >= 0.3 is 39.5 Å². The van der Waals surface area contributed by atoms with Gasteiger partial charge in [-0.2, -0.15) is 0 Å². The quantitative estimate of drug-likeness (QED) is 0.0222. The molecule has 0 rings (SSSR count). The highest BCUT2D eigenvalue weighted by Crippen LogP contribution is 2.45. The van der Waals surface area contributed by atoms with Gasteiger partial charge in [0.15, 0.2) is 12.2 Å². The number of phosphoric ester groups is 2. The standard InChI is InChI=1S/C78H152O17P2/c1-7-9-11-13-15-16-17-18-19-20-21-22-23-24-25-26-33-38-44-50-56-62-77(82)95-74(67-89-76(81)61-55-49-43-37-32-28-27-30-35-41-46-52-58-70(3)4)69-93-97(86,87)91-65-72(79)64-90-96(84,85)92-68-73(66-88-75(80)60-54-48-40-14-12-10-8-2)94-78(83)63-57-51-45-39-34-29-31-36-42-47-53-59-71(5)6/h70-74,79H,7-69H2,1-6H3,(H,84,85)(H,86,87)/t72-,73+,74+/m0/s1. The summed E-state index contributed by atoms with van der Waals surface area (Å²) in [4.78, 5) is 72.7. The number of carbonyl (C=O) groups excluding carboxylic acids is 4. The molecule has 3 N–H and O–H groups in total.